The Morgan fingerprint density at radius 2 is 1.30 bits per heavy atom. The lowest BCUT2D eigenvalue weighted by Crippen LogP contribution is -2.57. The first-order chi connectivity index (χ1) is 19.2. The Morgan fingerprint density at radius 1 is 0.675 bits per heavy atom. The Kier molecular flexibility index (Phi) is 5.06. The zero-order valence-electron chi connectivity index (χ0n) is 20.7. The average molecular weight is 545 g/mol. The Labute approximate surface area is 227 Å². The van der Waals surface area contributed by atoms with Gasteiger partial charge in [-0.25, -0.2) is 0 Å². The zero-order valence-corrected chi connectivity index (χ0v) is 20.7. The summed E-state index contributed by atoms with van der Waals surface area (Å²) in [5, 5.41) is 74.7. The summed E-state index contributed by atoms with van der Waals surface area (Å²) in [6, 6.07) is 15.8. The summed E-state index contributed by atoms with van der Waals surface area (Å²) < 4.78 is 18.9. The van der Waals surface area contributed by atoms with E-state index in [1.54, 1.807) is 12.1 Å². The van der Waals surface area contributed by atoms with Gasteiger partial charge in [0.2, 0.25) is 0 Å². The van der Waals surface area contributed by atoms with Crippen LogP contribution in [0.4, 0.5) is 0 Å². The molecule has 3 aliphatic heterocycles. The van der Waals surface area contributed by atoms with Crippen molar-refractivity contribution in [1.29, 1.82) is 0 Å². The van der Waals surface area contributed by atoms with Gasteiger partial charge in [0.15, 0.2) is 0 Å². The van der Waals surface area contributed by atoms with Gasteiger partial charge in [0.1, 0.15) is 58.2 Å². The van der Waals surface area contributed by atoms with Crippen molar-refractivity contribution in [2.24, 2.45) is 0 Å². The highest BCUT2D eigenvalue weighted by atomic mass is 16.7. The van der Waals surface area contributed by atoms with Crippen molar-refractivity contribution in [2.45, 2.75) is 36.4 Å². The monoisotopic (exact) mass is 544 g/mol. The first kappa shape index (κ1) is 24.3. The van der Waals surface area contributed by atoms with Crippen LogP contribution in [0.1, 0.15) is 39.8 Å². The number of aliphatic hydroxyl groups excluding tert-OH is 2. The fourth-order valence-corrected chi connectivity index (χ4v) is 5.99. The lowest BCUT2D eigenvalue weighted by Gasteiger charge is -2.50. The summed E-state index contributed by atoms with van der Waals surface area (Å²) in [5.74, 6) is -3.36. The molecule has 0 amide bonds. The van der Waals surface area contributed by atoms with Crippen LogP contribution in [0.2, 0.25) is 0 Å². The smallest absolute Gasteiger partial charge is 0.305 e. The van der Waals surface area contributed by atoms with Crippen molar-refractivity contribution in [2.75, 3.05) is 0 Å². The van der Waals surface area contributed by atoms with E-state index in [1.165, 1.54) is 48.5 Å². The molecule has 7 N–H and O–H groups in total. The van der Waals surface area contributed by atoms with Gasteiger partial charge in [-0.1, -0.05) is 12.1 Å². The lowest BCUT2D eigenvalue weighted by molar-refractivity contribution is -0.219. The number of ether oxygens (including phenoxy) is 3. The number of rotatable bonds is 2. The quantitative estimate of drug-likeness (QED) is 0.199. The second kappa shape index (κ2) is 8.35. The summed E-state index contributed by atoms with van der Waals surface area (Å²) >= 11 is 0. The predicted octanol–water partition coefficient (Wildman–Crippen LogP) is 3.38. The van der Waals surface area contributed by atoms with Crippen molar-refractivity contribution in [3.05, 3.63) is 94.5 Å². The van der Waals surface area contributed by atoms with E-state index in [4.69, 9.17) is 14.2 Å². The molecule has 3 aliphatic rings. The molecule has 4 aromatic rings. The highest BCUT2D eigenvalue weighted by Gasteiger charge is 2.60. The van der Waals surface area contributed by atoms with Crippen LogP contribution in [0.5, 0.6) is 46.0 Å². The minimum Gasteiger partial charge on any atom is -0.508 e. The fraction of sp³-hybridized carbons (Fsp3) is 0.200. The van der Waals surface area contributed by atoms with Gasteiger partial charge in [0.05, 0.1) is 12.0 Å². The van der Waals surface area contributed by atoms with E-state index < -0.39 is 30.0 Å². The second-order valence-electron chi connectivity index (χ2n) is 10.2. The van der Waals surface area contributed by atoms with Crippen molar-refractivity contribution in [3.8, 4) is 46.0 Å². The van der Waals surface area contributed by atoms with Gasteiger partial charge in [-0.3, -0.25) is 0 Å². The molecule has 10 heteroatoms. The lowest BCUT2D eigenvalue weighted by atomic mass is 9.74. The van der Waals surface area contributed by atoms with E-state index in [0.29, 0.717) is 22.3 Å². The molecule has 40 heavy (non-hydrogen) atoms. The van der Waals surface area contributed by atoms with Crippen LogP contribution in [0, 0.1) is 0 Å². The molecule has 0 radical (unpaired) electrons. The molecule has 10 nitrogen and oxygen atoms in total. The van der Waals surface area contributed by atoms with Crippen LogP contribution in [-0.2, 0) is 12.2 Å². The third kappa shape index (κ3) is 3.36. The van der Waals surface area contributed by atoms with Crippen molar-refractivity contribution >= 4 is 0 Å². The molecule has 2 bridgehead atoms. The van der Waals surface area contributed by atoms with Crippen LogP contribution in [0.25, 0.3) is 0 Å². The molecule has 0 aromatic heterocycles. The normalized spacial score (nSPS) is 25.9. The topological polar surface area (TPSA) is 169 Å². The number of hydrogen-bond acceptors (Lipinski definition) is 10. The molecule has 0 saturated heterocycles. The molecule has 0 fully saturated rings. The maximum absolute atomic E-state index is 11.9. The van der Waals surface area contributed by atoms with Gasteiger partial charge in [-0.05, 0) is 42.0 Å². The van der Waals surface area contributed by atoms with Crippen molar-refractivity contribution in [3.63, 3.8) is 0 Å². The van der Waals surface area contributed by atoms with Crippen molar-refractivity contribution in [1.82, 2.24) is 0 Å². The van der Waals surface area contributed by atoms with Crippen LogP contribution < -0.4 is 14.2 Å². The number of hydrogen-bond donors (Lipinski definition) is 7. The standard InChI is InChI=1S/C30H24O10/c31-15-5-1-13(2-6-15)27-21(36)11-18-19(34)12-23-25(28(18)38-27)26-24-20(35)9-17(33)10-22(24)39-30(40-23,29(26)37)14-3-7-16(32)8-4-14/h1-10,12,21,26-27,29,31-37H,11H2/t21?,26-,27+,29-,30+/m1/s1. The molecule has 5 atom stereocenters. The van der Waals surface area contributed by atoms with Gasteiger partial charge in [-0.15, -0.1) is 0 Å². The zero-order chi connectivity index (χ0) is 27.9. The van der Waals surface area contributed by atoms with E-state index in [9.17, 15) is 35.7 Å². The molecule has 7 rings (SSSR count). The molecule has 204 valence electrons. The molecule has 1 unspecified atom stereocenters. The number of aromatic hydroxyl groups is 5. The van der Waals surface area contributed by atoms with E-state index in [2.05, 4.69) is 0 Å². The summed E-state index contributed by atoms with van der Waals surface area (Å²) in [7, 11) is 0. The first-order valence-corrected chi connectivity index (χ1v) is 12.6. The van der Waals surface area contributed by atoms with Gasteiger partial charge >= 0.3 is 5.79 Å². The average Bonchev–Trinajstić information content (AvgIpc) is 2.90. The third-order valence-corrected chi connectivity index (χ3v) is 7.82. The van der Waals surface area contributed by atoms with E-state index in [-0.39, 0.29) is 58.0 Å². The third-order valence-electron chi connectivity index (χ3n) is 7.82. The van der Waals surface area contributed by atoms with Gasteiger partial charge in [0, 0.05) is 46.9 Å². The Hall–Kier alpha value is -4.80. The van der Waals surface area contributed by atoms with Crippen LogP contribution in [-0.4, -0.2) is 48.0 Å². The van der Waals surface area contributed by atoms with E-state index in [1.807, 2.05) is 0 Å². The van der Waals surface area contributed by atoms with Gasteiger partial charge < -0.3 is 50.0 Å². The number of fused-ring (bicyclic) bond motifs is 8. The molecular weight excluding hydrogens is 520 g/mol. The van der Waals surface area contributed by atoms with Crippen LogP contribution in [0.15, 0.2) is 66.7 Å². The van der Waals surface area contributed by atoms with E-state index in [0.717, 1.165) is 6.07 Å². The first-order valence-electron chi connectivity index (χ1n) is 12.6. The molecule has 4 aromatic carbocycles. The predicted molar refractivity (Wildman–Crippen MR) is 138 cm³/mol. The van der Waals surface area contributed by atoms with Crippen molar-refractivity contribution < 1.29 is 50.0 Å². The minimum absolute atomic E-state index is 0.0107. The highest BCUT2D eigenvalue weighted by molar-refractivity contribution is 5.67. The van der Waals surface area contributed by atoms with Gasteiger partial charge in [-0.2, -0.15) is 0 Å². The summed E-state index contributed by atoms with van der Waals surface area (Å²) in [6.07, 6.45) is -3.38. The number of benzene rings is 4. The Balaban J connectivity index is 1.47. The number of phenols is 5. The second-order valence-corrected chi connectivity index (χ2v) is 10.2. The maximum atomic E-state index is 11.9. The SMILES string of the molecule is Oc1ccc([C@@H]2Oc3c(c(O)cc4c3[C@H]3c5c(O)cc(O)cc5O[C@@](c5ccc(O)cc5)(O4)[C@@H]3O)CC2O)cc1. The van der Waals surface area contributed by atoms with Gasteiger partial charge in [0.25, 0.3) is 0 Å². The Bertz CT molecular complexity index is 1650. The molecule has 3 heterocycles. The maximum Gasteiger partial charge on any atom is 0.305 e. The Morgan fingerprint density at radius 3 is 1.98 bits per heavy atom. The summed E-state index contributed by atoms with van der Waals surface area (Å²) in [6.45, 7) is 0. The molecule has 0 spiro atoms. The van der Waals surface area contributed by atoms with Crippen LogP contribution >= 0.6 is 0 Å². The minimum atomic E-state index is -1.89. The summed E-state index contributed by atoms with van der Waals surface area (Å²) in [5.41, 5.74) is 1.69. The molecule has 0 saturated carbocycles. The fourth-order valence-electron chi connectivity index (χ4n) is 5.99. The highest BCUT2D eigenvalue weighted by Crippen LogP contribution is 2.62. The number of aliphatic hydroxyl groups is 2. The largest absolute Gasteiger partial charge is 0.508 e. The molecule has 0 aliphatic carbocycles. The molecular formula is C30H24O10. The van der Waals surface area contributed by atoms with Crippen LogP contribution in [0.3, 0.4) is 0 Å². The summed E-state index contributed by atoms with van der Waals surface area (Å²) in [4.78, 5) is 0. The number of phenolic OH excluding ortho intramolecular Hbond substituents is 5. The van der Waals surface area contributed by atoms with E-state index >= 15 is 0 Å².